The first-order valence-electron chi connectivity index (χ1n) is 14.9. The highest BCUT2D eigenvalue weighted by molar-refractivity contribution is 7.92. The molecule has 1 saturated heterocycles. The molecule has 0 aliphatic carbocycles. The second-order valence-corrected chi connectivity index (χ2v) is 14.8. The predicted molar refractivity (Wildman–Crippen MR) is 173 cm³/mol. The van der Waals surface area contributed by atoms with Crippen LogP contribution in [0.1, 0.15) is 53.9 Å². The van der Waals surface area contributed by atoms with Crippen molar-refractivity contribution in [1.29, 1.82) is 0 Å². The Balaban J connectivity index is 1.43. The number of sulfonamides is 1. The highest BCUT2D eigenvalue weighted by atomic mass is 35.5. The van der Waals surface area contributed by atoms with Crippen molar-refractivity contribution in [1.82, 2.24) is 10.2 Å². The number of fused-ring (bicyclic) bond motifs is 2. The first-order chi connectivity index (χ1) is 21.2. The maximum Gasteiger partial charge on any atom is 0.416 e. The number of benzene rings is 3. The van der Waals surface area contributed by atoms with Gasteiger partial charge in [-0.1, -0.05) is 65.7 Å². The molecule has 0 saturated carbocycles. The highest BCUT2D eigenvalue weighted by Gasteiger charge is 2.53. The molecule has 1 unspecified atom stereocenters. The number of nitrogens with one attached hydrogen (secondary N) is 1. The molecule has 2 aliphatic heterocycles. The summed E-state index contributed by atoms with van der Waals surface area (Å²) in [5, 5.41) is 4.16. The molecule has 0 aromatic heterocycles. The first-order valence-corrected chi connectivity index (χ1v) is 17.5. The van der Waals surface area contributed by atoms with Crippen LogP contribution in [0, 0.1) is 0 Å². The third kappa shape index (κ3) is 7.14. The molecule has 0 radical (unpaired) electrons. The number of hydrogen-bond donors (Lipinski definition) is 1. The minimum atomic E-state index is -4.50. The molecule has 45 heavy (non-hydrogen) atoms. The summed E-state index contributed by atoms with van der Waals surface area (Å²) >= 11 is 12.6. The topological polar surface area (TPSA) is 69.7 Å². The zero-order valence-corrected chi connectivity index (χ0v) is 27.4. The fourth-order valence-electron chi connectivity index (χ4n) is 7.03. The normalized spacial score (nSPS) is 18.6. The lowest BCUT2D eigenvalue weighted by Gasteiger charge is -2.42. The number of piperidine rings is 1. The van der Waals surface area contributed by atoms with Gasteiger partial charge in [-0.15, -0.1) is 0 Å². The molecular weight excluding hydrogens is 646 g/mol. The Morgan fingerprint density at radius 2 is 1.76 bits per heavy atom. The van der Waals surface area contributed by atoms with E-state index in [9.17, 15) is 26.4 Å². The second-order valence-electron chi connectivity index (χ2n) is 12.1. The molecule has 3 aromatic carbocycles. The molecular formula is C33H36Cl2F3N3O3S. The molecule has 2 heterocycles. The van der Waals surface area contributed by atoms with Gasteiger partial charge in [-0.25, -0.2) is 8.42 Å². The van der Waals surface area contributed by atoms with Crippen LogP contribution in [0.15, 0.2) is 66.7 Å². The zero-order chi connectivity index (χ0) is 32.6. The van der Waals surface area contributed by atoms with E-state index in [1.165, 1.54) is 23.3 Å². The van der Waals surface area contributed by atoms with Crippen molar-refractivity contribution in [3.8, 4) is 0 Å². The molecule has 5 rings (SSSR count). The maximum absolute atomic E-state index is 13.3. The Hall–Kier alpha value is -2.79. The van der Waals surface area contributed by atoms with Crippen molar-refractivity contribution in [2.75, 3.05) is 37.2 Å². The van der Waals surface area contributed by atoms with Crippen LogP contribution >= 0.6 is 23.2 Å². The summed E-state index contributed by atoms with van der Waals surface area (Å²) in [5.41, 5.74) is 1.70. The third-order valence-electron chi connectivity index (χ3n) is 9.19. The number of para-hydroxylation sites is 1. The minimum absolute atomic E-state index is 0.190. The number of alkyl halides is 3. The summed E-state index contributed by atoms with van der Waals surface area (Å²) < 4.78 is 68.0. The van der Waals surface area contributed by atoms with E-state index in [1.807, 2.05) is 30.3 Å². The van der Waals surface area contributed by atoms with E-state index in [-0.39, 0.29) is 41.8 Å². The predicted octanol–water partition coefficient (Wildman–Crippen LogP) is 7.05. The Morgan fingerprint density at radius 3 is 2.42 bits per heavy atom. The van der Waals surface area contributed by atoms with E-state index in [0.717, 1.165) is 49.2 Å². The largest absolute Gasteiger partial charge is 0.416 e. The van der Waals surface area contributed by atoms with Gasteiger partial charge >= 0.3 is 6.18 Å². The van der Waals surface area contributed by atoms with E-state index in [1.54, 1.807) is 23.5 Å². The number of carbonyl (C=O) groups is 1. The zero-order valence-electron chi connectivity index (χ0n) is 25.1. The van der Waals surface area contributed by atoms with Crippen LogP contribution in [-0.2, 0) is 32.8 Å². The lowest BCUT2D eigenvalue weighted by molar-refractivity contribution is -0.137. The van der Waals surface area contributed by atoms with E-state index in [2.05, 4.69) is 5.32 Å². The Kier molecular flexibility index (Phi) is 9.80. The monoisotopic (exact) mass is 681 g/mol. The molecule has 1 spiro atoms. The SMILES string of the molecule is CN(C[C@@H](CCC1N(S(C)(=O)=O)c2ccccc2C12CCNCC2)c1ccc(Cl)c(Cl)c1)C(=O)Cc1cccc(C(F)(F)F)c1. The van der Waals surface area contributed by atoms with E-state index in [4.69, 9.17) is 23.2 Å². The van der Waals surface area contributed by atoms with Crippen molar-refractivity contribution in [2.45, 2.75) is 55.7 Å². The number of likely N-dealkylation sites (N-methyl/N-ethyl adjacent to an activating group) is 1. The van der Waals surface area contributed by atoms with Gasteiger partial charge in [0.05, 0.1) is 40.0 Å². The molecule has 1 N–H and O–H groups in total. The number of anilines is 1. The number of hydrogen-bond acceptors (Lipinski definition) is 4. The quantitative estimate of drug-likeness (QED) is 0.263. The summed E-state index contributed by atoms with van der Waals surface area (Å²) in [6, 6.07) is 17.5. The van der Waals surface area contributed by atoms with E-state index in [0.29, 0.717) is 28.6 Å². The van der Waals surface area contributed by atoms with Gasteiger partial charge in [0.25, 0.3) is 0 Å². The van der Waals surface area contributed by atoms with Gasteiger partial charge < -0.3 is 10.2 Å². The summed E-state index contributed by atoms with van der Waals surface area (Å²) in [7, 11) is -1.99. The number of carbonyl (C=O) groups excluding carboxylic acids is 1. The van der Waals surface area contributed by atoms with Crippen molar-refractivity contribution >= 4 is 44.8 Å². The van der Waals surface area contributed by atoms with Crippen LogP contribution in [0.3, 0.4) is 0 Å². The Labute approximate surface area is 272 Å². The molecule has 1 amide bonds. The van der Waals surface area contributed by atoms with Gasteiger partial charge in [0.2, 0.25) is 15.9 Å². The van der Waals surface area contributed by atoms with Crippen LogP contribution in [0.4, 0.5) is 18.9 Å². The lowest BCUT2D eigenvalue weighted by Crippen LogP contribution is -2.52. The average Bonchev–Trinajstić information content (AvgIpc) is 3.25. The highest BCUT2D eigenvalue weighted by Crippen LogP contribution is 2.53. The standard InChI is InChI=1S/C33H36Cl2F3N3O3S/c1-40(31(42)19-22-6-5-7-25(18-22)33(36,37)38)21-24(23-10-12-27(34)28(35)20-23)11-13-30-32(14-16-39-17-15-32)26-8-3-4-9-29(26)41(30)45(2,43)44/h3-10,12,18,20,24,30,39H,11,13-17,19,21H2,1-2H3/t24-,30?/m1/s1. The van der Waals surface area contributed by atoms with Crippen LogP contribution in [0.2, 0.25) is 10.0 Å². The van der Waals surface area contributed by atoms with Crippen molar-refractivity contribution in [3.05, 3.63) is 99.0 Å². The van der Waals surface area contributed by atoms with Gasteiger partial charge in [0, 0.05) is 24.9 Å². The molecule has 1 fully saturated rings. The molecule has 2 atom stereocenters. The fourth-order valence-corrected chi connectivity index (χ4v) is 8.62. The summed E-state index contributed by atoms with van der Waals surface area (Å²) in [5.74, 6) is -0.584. The fraction of sp³-hybridized carbons (Fsp3) is 0.424. The summed E-state index contributed by atoms with van der Waals surface area (Å²) in [6.07, 6.45) is -0.838. The number of nitrogens with zero attached hydrogens (tertiary/aromatic N) is 2. The second kappa shape index (κ2) is 13.1. The van der Waals surface area contributed by atoms with E-state index >= 15 is 0 Å². The van der Waals surface area contributed by atoms with Gasteiger partial charge in [0.15, 0.2) is 0 Å². The summed E-state index contributed by atoms with van der Waals surface area (Å²) in [4.78, 5) is 14.8. The number of rotatable bonds is 9. The lowest BCUT2D eigenvalue weighted by atomic mass is 9.68. The number of amides is 1. The third-order valence-corrected chi connectivity index (χ3v) is 11.1. The van der Waals surface area contributed by atoms with Gasteiger partial charge in [-0.2, -0.15) is 13.2 Å². The molecule has 0 bridgehead atoms. The van der Waals surface area contributed by atoms with Gasteiger partial charge in [-0.05, 0) is 79.7 Å². The minimum Gasteiger partial charge on any atom is -0.345 e. The first kappa shape index (κ1) is 33.6. The van der Waals surface area contributed by atoms with Crippen LogP contribution in [0.5, 0.6) is 0 Å². The molecule has 6 nitrogen and oxygen atoms in total. The summed E-state index contributed by atoms with van der Waals surface area (Å²) in [6.45, 7) is 1.79. The van der Waals surface area contributed by atoms with Gasteiger partial charge in [-0.3, -0.25) is 9.10 Å². The molecule has 3 aromatic rings. The van der Waals surface area contributed by atoms with Crippen molar-refractivity contribution in [2.24, 2.45) is 0 Å². The number of halogens is 5. The van der Waals surface area contributed by atoms with Crippen LogP contribution < -0.4 is 9.62 Å². The maximum atomic E-state index is 13.3. The van der Waals surface area contributed by atoms with E-state index < -0.39 is 21.8 Å². The van der Waals surface area contributed by atoms with Crippen LogP contribution in [0.25, 0.3) is 0 Å². The average molecular weight is 683 g/mol. The Bertz CT molecular complexity index is 1660. The van der Waals surface area contributed by atoms with Crippen LogP contribution in [-0.4, -0.2) is 58.2 Å². The van der Waals surface area contributed by atoms with Crippen molar-refractivity contribution in [3.63, 3.8) is 0 Å². The molecule has 12 heteroatoms. The molecule has 242 valence electrons. The smallest absolute Gasteiger partial charge is 0.345 e. The van der Waals surface area contributed by atoms with Crippen molar-refractivity contribution < 1.29 is 26.4 Å². The Morgan fingerprint density at radius 1 is 1.04 bits per heavy atom. The van der Waals surface area contributed by atoms with Gasteiger partial charge in [0.1, 0.15) is 0 Å². The molecule has 2 aliphatic rings.